The molecule has 0 atom stereocenters. The summed E-state index contributed by atoms with van der Waals surface area (Å²) in [6.07, 6.45) is 32.8. The fraction of sp³-hybridized carbons (Fsp3) is 0.909. The number of rotatable bonds is 3. The summed E-state index contributed by atoms with van der Waals surface area (Å²) in [6, 6.07) is 0. The van der Waals surface area contributed by atoms with Gasteiger partial charge in [0.1, 0.15) is 0 Å². The van der Waals surface area contributed by atoms with Crippen LogP contribution in [0.1, 0.15) is 141 Å². The van der Waals surface area contributed by atoms with Gasteiger partial charge in [0, 0.05) is 0 Å². The minimum atomic E-state index is 0. The van der Waals surface area contributed by atoms with Crippen molar-refractivity contribution in [3.8, 4) is 0 Å². The maximum Gasteiger partial charge on any atom is 4.00 e. The van der Waals surface area contributed by atoms with Gasteiger partial charge in [0.2, 0.25) is 0 Å². The maximum atomic E-state index is 11.2. The van der Waals surface area contributed by atoms with Gasteiger partial charge in [-0.05, 0) is 123 Å². The van der Waals surface area contributed by atoms with Crippen molar-refractivity contribution in [2.45, 2.75) is 141 Å². The second-order valence-electron chi connectivity index (χ2n) is 14.9. The van der Waals surface area contributed by atoms with Crippen molar-refractivity contribution in [2.75, 3.05) is 0 Å². The topological polar surface area (TPSA) is 46.1 Å². The summed E-state index contributed by atoms with van der Waals surface area (Å²) < 4.78 is 0. The standard InChI is InChI=1S/C23H32N2.2C5H10.Ti/c24-20(22-8-14-1-15(9-22)3-16(2-14)10-22)7-21(25)23-11-17-4-18(12-23)6-19(5-17)13-23;2*1-2-4-5-3-1;/h7,14-19,24H,1-6,8-13H2;2*1-5H2;/q-2;;;+4/b20-7-;;;. The molecule has 0 aromatic rings. The molecule has 0 spiro atoms. The van der Waals surface area contributed by atoms with E-state index >= 15 is 0 Å². The molecular weight excluding hydrogens is 472 g/mol. The summed E-state index contributed by atoms with van der Waals surface area (Å²) in [6.45, 7) is 0. The number of nitrogens with zero attached hydrogens (tertiary/aromatic N) is 1. The SMILES string of the molecule is C1CCCC1.C1CCCC1.[N-]=C(/C=C(\[NH-])C12CC3CC(CC(C3)C1)C2)C12CC3CC(CC(C3)C1)C2.[Ti+4]. The Morgan fingerprint density at radius 1 is 0.500 bits per heavy atom. The first-order valence-corrected chi connectivity index (χ1v) is 16.0. The number of hydrogen-bond acceptors (Lipinski definition) is 0. The van der Waals surface area contributed by atoms with Crippen LogP contribution in [0.3, 0.4) is 0 Å². The molecule has 10 fully saturated rings. The molecule has 1 N–H and O–H groups in total. The Morgan fingerprint density at radius 3 is 1.03 bits per heavy atom. The van der Waals surface area contributed by atoms with Crippen LogP contribution in [0.4, 0.5) is 0 Å². The van der Waals surface area contributed by atoms with Crippen molar-refractivity contribution in [3.63, 3.8) is 0 Å². The van der Waals surface area contributed by atoms with E-state index in [4.69, 9.17) is 5.73 Å². The predicted molar refractivity (Wildman–Crippen MR) is 148 cm³/mol. The minimum absolute atomic E-state index is 0. The van der Waals surface area contributed by atoms with E-state index in [1.807, 2.05) is 6.08 Å². The van der Waals surface area contributed by atoms with Crippen molar-refractivity contribution in [2.24, 2.45) is 46.3 Å². The van der Waals surface area contributed by atoms with Crippen molar-refractivity contribution in [1.82, 2.24) is 0 Å². The predicted octanol–water partition coefficient (Wildman–Crippen LogP) is 10.3. The summed E-state index contributed by atoms with van der Waals surface area (Å²) in [7, 11) is 0. The molecule has 8 bridgehead atoms. The Hall–Kier alpha value is -0.0757. The Morgan fingerprint density at radius 2 is 0.750 bits per heavy atom. The average Bonchev–Trinajstić information content (AvgIpc) is 3.56. The van der Waals surface area contributed by atoms with E-state index in [0.717, 1.165) is 41.2 Å². The van der Waals surface area contributed by atoms with Gasteiger partial charge < -0.3 is 11.1 Å². The van der Waals surface area contributed by atoms with E-state index in [1.54, 1.807) is 0 Å². The molecule has 0 radical (unpaired) electrons. The van der Waals surface area contributed by atoms with Crippen molar-refractivity contribution >= 4 is 5.71 Å². The molecule has 0 aromatic carbocycles. The van der Waals surface area contributed by atoms with Gasteiger partial charge in [-0.1, -0.05) is 64.2 Å². The van der Waals surface area contributed by atoms with Gasteiger partial charge in [-0.2, -0.15) is 11.4 Å². The third kappa shape index (κ3) is 5.76. The molecule has 10 saturated carbocycles. The summed E-state index contributed by atoms with van der Waals surface area (Å²) in [5.74, 6) is 5.20. The van der Waals surface area contributed by atoms with E-state index in [-0.39, 0.29) is 32.5 Å². The van der Waals surface area contributed by atoms with Crippen LogP contribution in [0, 0.1) is 46.3 Å². The van der Waals surface area contributed by atoms with E-state index in [1.165, 1.54) is 141 Å². The van der Waals surface area contributed by atoms with E-state index < -0.39 is 0 Å². The van der Waals surface area contributed by atoms with Crippen molar-refractivity contribution in [1.29, 1.82) is 0 Å². The van der Waals surface area contributed by atoms with Gasteiger partial charge in [-0.25, -0.2) is 0 Å². The van der Waals surface area contributed by atoms with Crippen LogP contribution in [0.15, 0.2) is 11.8 Å². The zero-order valence-electron chi connectivity index (χ0n) is 23.0. The zero-order valence-corrected chi connectivity index (χ0v) is 24.6. The molecule has 0 aliphatic heterocycles. The first kappa shape index (κ1) is 27.5. The molecule has 0 aromatic heterocycles. The van der Waals surface area contributed by atoms with Gasteiger partial charge in [0.25, 0.3) is 0 Å². The van der Waals surface area contributed by atoms with Crippen molar-refractivity contribution < 1.29 is 21.7 Å². The number of allylic oxidation sites excluding steroid dienone is 2. The Balaban J connectivity index is 0.000000203. The molecule has 196 valence electrons. The van der Waals surface area contributed by atoms with Crippen LogP contribution < -0.4 is 0 Å². The van der Waals surface area contributed by atoms with Crippen molar-refractivity contribution in [3.05, 3.63) is 22.9 Å². The molecule has 0 amide bonds. The van der Waals surface area contributed by atoms with Crippen LogP contribution in [-0.2, 0) is 21.7 Å². The Kier molecular flexibility index (Phi) is 8.84. The number of hydrogen-bond donors (Lipinski definition) is 0. The molecule has 0 heterocycles. The van der Waals surface area contributed by atoms with Gasteiger partial charge in [0.05, 0.1) is 0 Å². The molecule has 2 nitrogen and oxygen atoms in total. The monoisotopic (exact) mass is 524 g/mol. The van der Waals surface area contributed by atoms with Crippen LogP contribution in [0.25, 0.3) is 11.1 Å². The quantitative estimate of drug-likeness (QED) is 0.260. The molecule has 10 aliphatic carbocycles. The molecule has 0 unspecified atom stereocenters. The third-order valence-electron chi connectivity index (χ3n) is 12.0. The van der Waals surface area contributed by atoms with Gasteiger partial charge >= 0.3 is 21.7 Å². The third-order valence-corrected chi connectivity index (χ3v) is 12.0. The van der Waals surface area contributed by atoms with E-state index in [2.05, 4.69) is 0 Å². The Labute approximate surface area is 237 Å². The first-order valence-electron chi connectivity index (χ1n) is 16.0. The fourth-order valence-corrected chi connectivity index (χ4v) is 11.1. The second kappa shape index (κ2) is 11.6. The Bertz CT molecular complexity index is 694. The largest absolute Gasteiger partial charge is 4.00 e. The van der Waals surface area contributed by atoms with Crippen LogP contribution >= 0.6 is 0 Å². The smallest absolute Gasteiger partial charge is 0.807 e. The maximum absolute atomic E-state index is 11.2. The van der Waals surface area contributed by atoms with Crippen LogP contribution in [0.2, 0.25) is 0 Å². The number of nitrogens with one attached hydrogen (secondary N) is 1. The molecule has 36 heavy (non-hydrogen) atoms. The summed E-state index contributed by atoms with van der Waals surface area (Å²) >= 11 is 0. The molecular formula is C33H52N2Ti+2. The summed E-state index contributed by atoms with van der Waals surface area (Å²) in [5, 5.41) is 11.2. The molecule has 10 aliphatic rings. The van der Waals surface area contributed by atoms with E-state index in [0.29, 0.717) is 5.71 Å². The zero-order chi connectivity index (χ0) is 23.9. The van der Waals surface area contributed by atoms with Gasteiger partial charge in [0.15, 0.2) is 0 Å². The van der Waals surface area contributed by atoms with Gasteiger partial charge in [-0.3, -0.25) is 0 Å². The molecule has 3 heteroatoms. The fourth-order valence-electron chi connectivity index (χ4n) is 11.1. The normalized spacial score (nSPS) is 45.4. The van der Waals surface area contributed by atoms with E-state index in [9.17, 15) is 5.41 Å². The summed E-state index contributed by atoms with van der Waals surface area (Å²) in [5.41, 5.74) is 10.6. The first-order chi connectivity index (χ1) is 17.0. The average molecular weight is 525 g/mol. The molecule has 10 rings (SSSR count). The molecule has 0 saturated heterocycles. The van der Waals surface area contributed by atoms with Gasteiger partial charge in [-0.15, -0.1) is 6.08 Å². The minimum Gasteiger partial charge on any atom is -0.807 e. The van der Waals surface area contributed by atoms with Crippen LogP contribution in [-0.4, -0.2) is 5.71 Å². The summed E-state index contributed by atoms with van der Waals surface area (Å²) in [4.78, 5) is 0. The van der Waals surface area contributed by atoms with Crippen LogP contribution in [0.5, 0.6) is 0 Å². The second-order valence-corrected chi connectivity index (χ2v) is 14.9.